The van der Waals surface area contributed by atoms with E-state index in [1.54, 1.807) is 13.0 Å². The quantitative estimate of drug-likeness (QED) is 0.813. The average Bonchev–Trinajstić information content (AvgIpc) is 2.40. The summed E-state index contributed by atoms with van der Waals surface area (Å²) < 4.78 is 11.2. The highest BCUT2D eigenvalue weighted by atomic mass is 79.9. The Morgan fingerprint density at radius 2 is 2.05 bits per heavy atom. The summed E-state index contributed by atoms with van der Waals surface area (Å²) in [5, 5.41) is 0.945. The van der Waals surface area contributed by atoms with E-state index in [4.69, 9.17) is 4.74 Å². The van der Waals surface area contributed by atoms with Crippen molar-refractivity contribution in [2.24, 2.45) is 0 Å². The molecule has 0 fully saturated rings. The molecule has 1 aromatic heterocycles. The molecule has 0 aliphatic heterocycles. The summed E-state index contributed by atoms with van der Waals surface area (Å²) in [5.41, 5.74) is 1.62. The first-order valence-electron chi connectivity index (χ1n) is 5.83. The van der Waals surface area contributed by atoms with Gasteiger partial charge in [0.15, 0.2) is 6.10 Å². The lowest BCUT2D eigenvalue weighted by Crippen LogP contribution is -2.25. The lowest BCUT2D eigenvalue weighted by atomic mass is 10.2. The largest absolute Gasteiger partial charge is 0.477 e. The van der Waals surface area contributed by atoms with Crippen LogP contribution in [0.4, 0.5) is 0 Å². The van der Waals surface area contributed by atoms with Crippen LogP contribution in [0.3, 0.4) is 0 Å². The molecule has 1 unspecified atom stereocenters. The Labute approximate surface area is 119 Å². The zero-order valence-corrected chi connectivity index (χ0v) is 12.5. The fraction of sp³-hybridized carbons (Fsp3) is 0.286. The molecule has 0 saturated carbocycles. The number of aromatic nitrogens is 1. The molecule has 100 valence electrons. The number of rotatable bonds is 3. The van der Waals surface area contributed by atoms with Gasteiger partial charge in [0.1, 0.15) is 11.3 Å². The summed E-state index contributed by atoms with van der Waals surface area (Å²) in [6.45, 7) is 3.56. The van der Waals surface area contributed by atoms with Crippen LogP contribution in [0.2, 0.25) is 0 Å². The normalized spacial score (nSPS) is 12.2. The smallest absolute Gasteiger partial charge is 0.346 e. The Kier molecular flexibility index (Phi) is 4.04. The number of fused-ring (bicyclic) bond motifs is 1. The van der Waals surface area contributed by atoms with Gasteiger partial charge >= 0.3 is 5.97 Å². The Bertz CT molecular complexity index is 627. The number of carbonyl (C=O) groups excluding carboxylic acids is 1. The third-order valence-corrected chi connectivity index (χ3v) is 3.43. The van der Waals surface area contributed by atoms with Crippen molar-refractivity contribution in [3.63, 3.8) is 0 Å². The number of hydrogen-bond donors (Lipinski definition) is 0. The van der Waals surface area contributed by atoms with E-state index in [-0.39, 0.29) is 0 Å². The molecular weight excluding hydrogens is 310 g/mol. The molecule has 2 aromatic rings. The molecule has 0 N–H and O–H groups in total. The van der Waals surface area contributed by atoms with Gasteiger partial charge in [-0.25, -0.2) is 9.78 Å². The van der Waals surface area contributed by atoms with E-state index < -0.39 is 12.1 Å². The molecule has 0 saturated heterocycles. The molecule has 4 nitrogen and oxygen atoms in total. The number of esters is 1. The highest BCUT2D eigenvalue weighted by Crippen LogP contribution is 2.31. The van der Waals surface area contributed by atoms with Crippen molar-refractivity contribution in [3.8, 4) is 5.75 Å². The lowest BCUT2D eigenvalue weighted by Gasteiger charge is -2.14. The van der Waals surface area contributed by atoms with Crippen LogP contribution in [-0.2, 0) is 9.53 Å². The van der Waals surface area contributed by atoms with E-state index in [0.717, 1.165) is 21.1 Å². The van der Waals surface area contributed by atoms with Gasteiger partial charge in [-0.15, -0.1) is 0 Å². The van der Waals surface area contributed by atoms with Crippen LogP contribution < -0.4 is 4.74 Å². The number of ether oxygens (including phenoxy) is 2. The molecule has 2 rings (SSSR count). The van der Waals surface area contributed by atoms with Gasteiger partial charge in [-0.2, -0.15) is 0 Å². The first-order chi connectivity index (χ1) is 9.02. The van der Waals surface area contributed by atoms with Crippen LogP contribution in [0.1, 0.15) is 12.6 Å². The zero-order chi connectivity index (χ0) is 14.0. The molecule has 0 spiro atoms. The minimum atomic E-state index is -0.670. The van der Waals surface area contributed by atoms with Crippen molar-refractivity contribution in [1.82, 2.24) is 4.98 Å². The molecule has 0 aliphatic carbocycles. The van der Waals surface area contributed by atoms with Crippen molar-refractivity contribution in [2.75, 3.05) is 7.11 Å². The number of nitrogens with zero attached hydrogens (tertiary/aromatic N) is 1. The van der Waals surface area contributed by atoms with Crippen LogP contribution >= 0.6 is 15.9 Å². The van der Waals surface area contributed by atoms with Crippen LogP contribution in [0, 0.1) is 6.92 Å². The van der Waals surface area contributed by atoms with Gasteiger partial charge in [-0.3, -0.25) is 0 Å². The van der Waals surface area contributed by atoms with Crippen LogP contribution in [0.15, 0.2) is 28.7 Å². The first-order valence-corrected chi connectivity index (χ1v) is 6.62. The van der Waals surface area contributed by atoms with Gasteiger partial charge in [0.05, 0.1) is 7.11 Å². The summed E-state index contributed by atoms with van der Waals surface area (Å²) in [6.07, 6.45) is -0.670. The van der Waals surface area contributed by atoms with Crippen LogP contribution in [0.25, 0.3) is 10.9 Å². The van der Waals surface area contributed by atoms with Gasteiger partial charge in [0, 0.05) is 15.6 Å². The number of methoxy groups -OCH3 is 1. The predicted octanol–water partition coefficient (Wildman–Crippen LogP) is 3.25. The van der Waals surface area contributed by atoms with E-state index in [0.29, 0.717) is 5.75 Å². The molecule has 1 heterocycles. The first kappa shape index (κ1) is 13.8. The maximum Gasteiger partial charge on any atom is 0.346 e. The van der Waals surface area contributed by atoms with Crippen molar-refractivity contribution in [2.45, 2.75) is 20.0 Å². The van der Waals surface area contributed by atoms with Gasteiger partial charge in [-0.1, -0.05) is 15.9 Å². The Hall–Kier alpha value is -1.62. The van der Waals surface area contributed by atoms with Crippen molar-refractivity contribution < 1.29 is 14.3 Å². The summed E-state index contributed by atoms with van der Waals surface area (Å²) in [6, 6.07) is 7.56. The Morgan fingerprint density at radius 1 is 1.32 bits per heavy atom. The Morgan fingerprint density at radius 3 is 2.74 bits per heavy atom. The molecule has 5 heteroatoms. The molecule has 1 atom stereocenters. The van der Waals surface area contributed by atoms with Crippen LogP contribution in [0.5, 0.6) is 5.75 Å². The third-order valence-electron chi connectivity index (χ3n) is 2.74. The number of hydrogen-bond acceptors (Lipinski definition) is 4. The standard InChI is InChI=1S/C14H14BrNO3/c1-8-4-5-10-11(15)6-7-12(13(10)16-8)19-9(2)14(17)18-3/h4-7,9H,1-3H3. The number of pyridine rings is 1. The van der Waals surface area contributed by atoms with Gasteiger partial charge in [0.2, 0.25) is 0 Å². The molecule has 0 radical (unpaired) electrons. The van der Waals surface area contributed by atoms with Crippen molar-refractivity contribution in [1.29, 1.82) is 0 Å². The number of benzene rings is 1. The van der Waals surface area contributed by atoms with Crippen LogP contribution in [-0.4, -0.2) is 24.2 Å². The highest BCUT2D eigenvalue weighted by molar-refractivity contribution is 9.10. The number of halogens is 1. The van der Waals surface area contributed by atoms with E-state index >= 15 is 0 Å². The Balaban J connectivity index is 2.46. The maximum absolute atomic E-state index is 11.4. The molecule has 0 amide bonds. The van der Waals surface area contributed by atoms with Crippen molar-refractivity contribution >= 4 is 32.8 Å². The maximum atomic E-state index is 11.4. The predicted molar refractivity (Wildman–Crippen MR) is 76.3 cm³/mol. The fourth-order valence-electron chi connectivity index (χ4n) is 1.75. The van der Waals surface area contributed by atoms with Gasteiger partial charge < -0.3 is 9.47 Å². The zero-order valence-electron chi connectivity index (χ0n) is 10.9. The third kappa shape index (κ3) is 2.87. The SMILES string of the molecule is COC(=O)C(C)Oc1ccc(Br)c2ccc(C)nc12. The van der Waals surface area contributed by atoms with E-state index in [2.05, 4.69) is 25.7 Å². The van der Waals surface area contributed by atoms with E-state index in [1.165, 1.54) is 7.11 Å². The number of carbonyl (C=O) groups is 1. The lowest BCUT2D eigenvalue weighted by molar-refractivity contribution is -0.147. The van der Waals surface area contributed by atoms with Gasteiger partial charge in [0.25, 0.3) is 0 Å². The average molecular weight is 324 g/mol. The molecule has 0 aliphatic rings. The second kappa shape index (κ2) is 5.57. The van der Waals surface area contributed by atoms with Crippen molar-refractivity contribution in [3.05, 3.63) is 34.4 Å². The summed E-state index contributed by atoms with van der Waals surface area (Å²) >= 11 is 3.48. The van der Waals surface area contributed by atoms with E-state index in [9.17, 15) is 4.79 Å². The second-order valence-corrected chi connectivity index (χ2v) is 5.03. The minimum absolute atomic E-state index is 0.413. The number of aryl methyl sites for hydroxylation is 1. The highest BCUT2D eigenvalue weighted by Gasteiger charge is 2.17. The van der Waals surface area contributed by atoms with E-state index in [1.807, 2.05) is 25.1 Å². The molecular formula is C14H14BrNO3. The monoisotopic (exact) mass is 323 g/mol. The fourth-order valence-corrected chi connectivity index (χ4v) is 2.21. The minimum Gasteiger partial charge on any atom is -0.477 e. The van der Waals surface area contributed by atoms with Gasteiger partial charge in [-0.05, 0) is 38.1 Å². The summed E-state index contributed by atoms with van der Waals surface area (Å²) in [7, 11) is 1.34. The molecule has 1 aromatic carbocycles. The topological polar surface area (TPSA) is 48.4 Å². The second-order valence-electron chi connectivity index (χ2n) is 4.18. The molecule has 0 bridgehead atoms. The summed E-state index contributed by atoms with van der Waals surface area (Å²) in [4.78, 5) is 15.9. The molecule has 19 heavy (non-hydrogen) atoms. The summed E-state index contributed by atoms with van der Waals surface area (Å²) in [5.74, 6) is 0.156.